The Morgan fingerprint density at radius 2 is 1.70 bits per heavy atom. The molecule has 0 bridgehead atoms. The van der Waals surface area contributed by atoms with Crippen LogP contribution < -0.4 is 5.43 Å². The number of nitrogens with one attached hydrogen (secondary N) is 1. The Kier molecular flexibility index (Phi) is 3.27. The summed E-state index contributed by atoms with van der Waals surface area (Å²) in [5, 5.41) is 10.8. The van der Waals surface area contributed by atoms with Crippen LogP contribution in [-0.4, -0.2) is 28.4 Å². The second-order valence-electron chi connectivity index (χ2n) is 5.52. The van der Waals surface area contributed by atoms with Gasteiger partial charge in [0.1, 0.15) is 0 Å². The van der Waals surface area contributed by atoms with Gasteiger partial charge in [0.2, 0.25) is 5.66 Å². The molecule has 2 atom stereocenters. The summed E-state index contributed by atoms with van der Waals surface area (Å²) >= 11 is 0. The normalized spacial score (nSPS) is 37.7. The average molecular weight is 286 g/mol. The third-order valence-electron chi connectivity index (χ3n) is 4.23. The first-order chi connectivity index (χ1) is 9.45. The van der Waals surface area contributed by atoms with Crippen LogP contribution in [0.2, 0.25) is 0 Å². The second kappa shape index (κ2) is 4.72. The minimum atomic E-state index is -4.37. The maximum atomic E-state index is 13.5. The minimum absolute atomic E-state index is 0.180. The Morgan fingerprint density at radius 3 is 2.25 bits per heavy atom. The second-order valence-corrected chi connectivity index (χ2v) is 5.52. The molecule has 1 aromatic carbocycles. The van der Waals surface area contributed by atoms with Crippen LogP contribution in [0, 0.1) is 0 Å². The van der Waals surface area contributed by atoms with Crippen molar-refractivity contribution in [1.82, 2.24) is 10.4 Å². The standard InChI is InChI=1S/C14H17F3N2O/c15-14(16,17)13(10-4-2-1-3-5-10)18-19(13)11-6-8-12(20)9-7-11/h1-5,11-12,18,20H,6-9H2. The Balaban J connectivity index is 1.85. The molecule has 6 heteroatoms. The van der Waals surface area contributed by atoms with E-state index in [2.05, 4.69) is 5.43 Å². The number of benzene rings is 1. The smallest absolute Gasteiger partial charge is 0.393 e. The summed E-state index contributed by atoms with van der Waals surface area (Å²) < 4.78 is 40.5. The fraction of sp³-hybridized carbons (Fsp3) is 0.571. The molecule has 1 saturated carbocycles. The van der Waals surface area contributed by atoms with Gasteiger partial charge >= 0.3 is 6.18 Å². The van der Waals surface area contributed by atoms with E-state index in [9.17, 15) is 18.3 Å². The summed E-state index contributed by atoms with van der Waals surface area (Å²) in [4.78, 5) is 0. The molecule has 2 unspecified atom stereocenters. The predicted octanol–water partition coefficient (Wildman–Crippen LogP) is 2.53. The van der Waals surface area contributed by atoms with Gasteiger partial charge < -0.3 is 5.11 Å². The van der Waals surface area contributed by atoms with Crippen LogP contribution in [0.15, 0.2) is 30.3 Å². The molecule has 0 amide bonds. The average Bonchev–Trinajstić information content (AvgIpc) is 3.17. The first-order valence-electron chi connectivity index (χ1n) is 6.82. The largest absolute Gasteiger partial charge is 0.426 e. The van der Waals surface area contributed by atoms with Crippen molar-refractivity contribution in [2.24, 2.45) is 0 Å². The van der Waals surface area contributed by atoms with Crippen LogP contribution in [0.4, 0.5) is 13.2 Å². The lowest BCUT2D eigenvalue weighted by Crippen LogP contribution is -2.39. The SMILES string of the molecule is OC1CCC(N2NC2(c2ccccc2)C(F)(F)F)CC1. The number of alkyl halides is 3. The molecule has 1 aromatic rings. The lowest BCUT2D eigenvalue weighted by atomic mass is 9.92. The first kappa shape index (κ1) is 13.9. The van der Waals surface area contributed by atoms with E-state index >= 15 is 0 Å². The van der Waals surface area contributed by atoms with Crippen molar-refractivity contribution in [1.29, 1.82) is 0 Å². The number of hydrogen-bond acceptors (Lipinski definition) is 3. The lowest BCUT2D eigenvalue weighted by Gasteiger charge is -2.28. The zero-order valence-electron chi connectivity index (χ0n) is 10.9. The van der Waals surface area contributed by atoms with E-state index in [1.165, 1.54) is 17.1 Å². The highest BCUT2D eigenvalue weighted by atomic mass is 19.4. The Morgan fingerprint density at radius 1 is 1.10 bits per heavy atom. The third-order valence-corrected chi connectivity index (χ3v) is 4.23. The molecule has 20 heavy (non-hydrogen) atoms. The number of aliphatic hydroxyl groups is 1. The first-order valence-corrected chi connectivity index (χ1v) is 6.82. The Bertz CT molecular complexity index is 471. The van der Waals surface area contributed by atoms with Crippen LogP contribution in [0.5, 0.6) is 0 Å². The van der Waals surface area contributed by atoms with E-state index in [-0.39, 0.29) is 17.7 Å². The van der Waals surface area contributed by atoms with Crippen molar-refractivity contribution in [3.8, 4) is 0 Å². The Hall–Kier alpha value is -1.11. The summed E-state index contributed by atoms with van der Waals surface area (Å²) in [6, 6.07) is 7.76. The highest BCUT2D eigenvalue weighted by Gasteiger charge is 2.72. The summed E-state index contributed by atoms with van der Waals surface area (Å²) in [5.41, 5.74) is 0.716. The van der Waals surface area contributed by atoms with E-state index in [0.717, 1.165) is 0 Å². The van der Waals surface area contributed by atoms with Gasteiger partial charge in [0, 0.05) is 6.04 Å². The predicted molar refractivity (Wildman–Crippen MR) is 67.4 cm³/mol. The molecule has 1 saturated heterocycles. The summed E-state index contributed by atoms with van der Waals surface area (Å²) in [6.07, 6.45) is -2.46. The number of hydrazine groups is 1. The molecule has 3 rings (SSSR count). The highest BCUT2D eigenvalue weighted by Crippen LogP contribution is 2.52. The van der Waals surface area contributed by atoms with E-state index in [1.54, 1.807) is 18.2 Å². The van der Waals surface area contributed by atoms with Crippen molar-refractivity contribution in [3.63, 3.8) is 0 Å². The van der Waals surface area contributed by atoms with Gasteiger partial charge in [-0.2, -0.15) is 13.2 Å². The van der Waals surface area contributed by atoms with Crippen LogP contribution in [0.25, 0.3) is 0 Å². The summed E-state index contributed by atoms with van der Waals surface area (Å²) in [5.74, 6) is 0. The molecule has 0 spiro atoms. The van der Waals surface area contributed by atoms with E-state index < -0.39 is 11.8 Å². The molecule has 1 aliphatic carbocycles. The van der Waals surface area contributed by atoms with E-state index in [1.807, 2.05) is 0 Å². The zero-order valence-corrected chi connectivity index (χ0v) is 10.9. The molecule has 1 aliphatic heterocycles. The maximum Gasteiger partial charge on any atom is 0.426 e. The van der Waals surface area contributed by atoms with Crippen LogP contribution in [-0.2, 0) is 5.66 Å². The van der Waals surface area contributed by atoms with Crippen molar-refractivity contribution in [3.05, 3.63) is 35.9 Å². The maximum absolute atomic E-state index is 13.5. The minimum Gasteiger partial charge on any atom is -0.393 e. The van der Waals surface area contributed by atoms with E-state index in [4.69, 9.17) is 0 Å². The van der Waals surface area contributed by atoms with Gasteiger partial charge in [-0.1, -0.05) is 30.3 Å². The van der Waals surface area contributed by atoms with Crippen molar-refractivity contribution in [2.45, 2.75) is 49.7 Å². The van der Waals surface area contributed by atoms with Gasteiger partial charge in [0.15, 0.2) is 0 Å². The van der Waals surface area contributed by atoms with Gasteiger partial charge in [-0.15, -0.1) is 0 Å². The van der Waals surface area contributed by atoms with Crippen LogP contribution in [0.1, 0.15) is 31.2 Å². The third kappa shape index (κ3) is 2.12. The molecule has 110 valence electrons. The molecular weight excluding hydrogens is 269 g/mol. The summed E-state index contributed by atoms with van der Waals surface area (Å²) in [7, 11) is 0. The van der Waals surface area contributed by atoms with Crippen LogP contribution >= 0.6 is 0 Å². The molecule has 2 fully saturated rings. The van der Waals surface area contributed by atoms with Crippen molar-refractivity contribution >= 4 is 0 Å². The van der Waals surface area contributed by atoms with Crippen molar-refractivity contribution < 1.29 is 18.3 Å². The lowest BCUT2D eigenvalue weighted by molar-refractivity contribution is -0.178. The van der Waals surface area contributed by atoms with E-state index in [0.29, 0.717) is 25.7 Å². The van der Waals surface area contributed by atoms with Crippen molar-refractivity contribution in [2.75, 3.05) is 0 Å². The fourth-order valence-electron chi connectivity index (χ4n) is 3.08. The van der Waals surface area contributed by atoms with Crippen LogP contribution in [0.3, 0.4) is 0 Å². The molecular formula is C14H17F3N2O. The van der Waals surface area contributed by atoms with Gasteiger partial charge in [-0.25, -0.2) is 10.4 Å². The zero-order chi connectivity index (χ0) is 14.4. The number of halogens is 3. The molecule has 0 aromatic heterocycles. The van der Waals surface area contributed by atoms with Gasteiger partial charge in [-0.3, -0.25) is 0 Å². The molecule has 1 heterocycles. The quantitative estimate of drug-likeness (QED) is 0.821. The highest BCUT2D eigenvalue weighted by molar-refractivity contribution is 5.31. The number of nitrogens with zero attached hydrogens (tertiary/aromatic N) is 1. The number of aliphatic hydroxyl groups excluding tert-OH is 1. The van der Waals surface area contributed by atoms with Gasteiger partial charge in [0.25, 0.3) is 0 Å². The fourth-order valence-corrected chi connectivity index (χ4v) is 3.08. The molecule has 0 radical (unpaired) electrons. The monoisotopic (exact) mass is 286 g/mol. The van der Waals surface area contributed by atoms with Gasteiger partial charge in [-0.05, 0) is 31.2 Å². The Labute approximate surface area is 115 Å². The molecule has 3 nitrogen and oxygen atoms in total. The van der Waals surface area contributed by atoms with Gasteiger partial charge in [0.05, 0.1) is 6.10 Å². The molecule has 2 aliphatic rings. The topological polar surface area (TPSA) is 45.2 Å². The molecule has 2 N–H and O–H groups in total. The number of hydrogen-bond donors (Lipinski definition) is 2. The number of rotatable bonds is 2. The summed E-state index contributed by atoms with van der Waals surface area (Å²) in [6.45, 7) is 0.